The lowest BCUT2D eigenvalue weighted by atomic mass is 10.2. The van der Waals surface area contributed by atoms with Crippen molar-refractivity contribution in [2.24, 2.45) is 0 Å². The van der Waals surface area contributed by atoms with Gasteiger partial charge in [-0.2, -0.15) is 0 Å². The summed E-state index contributed by atoms with van der Waals surface area (Å²) in [6, 6.07) is 0. The van der Waals surface area contributed by atoms with Gasteiger partial charge in [0.05, 0.1) is 12.7 Å². The van der Waals surface area contributed by atoms with Gasteiger partial charge in [0.1, 0.15) is 11.8 Å². The number of hydrogen-bond donors (Lipinski definition) is 3. The zero-order valence-corrected chi connectivity index (χ0v) is 10.5. The number of aromatic amines is 1. The molecule has 2 atom stereocenters. The van der Waals surface area contributed by atoms with Gasteiger partial charge in [0.2, 0.25) is 0 Å². The molecule has 7 heteroatoms. The number of aliphatic hydroxyl groups is 2. The summed E-state index contributed by atoms with van der Waals surface area (Å²) in [6.45, 7) is -0.0867. The maximum atomic E-state index is 11.6. The molecule has 2 heterocycles. The molecule has 0 aromatic carbocycles. The lowest BCUT2D eigenvalue weighted by Gasteiger charge is -2.14. The maximum absolute atomic E-state index is 11.6. The minimum Gasteiger partial charge on any atom is -0.400 e. The van der Waals surface area contributed by atoms with Gasteiger partial charge in [-0.05, 0) is 12.8 Å². The van der Waals surface area contributed by atoms with Crippen LogP contribution in [0.2, 0.25) is 0 Å². The number of aliphatic hydroxyl groups excluding tert-OH is 2. The molecular weight excluding hydrogens is 252 g/mol. The predicted molar refractivity (Wildman–Crippen MR) is 67.6 cm³/mol. The average Bonchev–Trinajstić information content (AvgIpc) is 2.90. The van der Waals surface area contributed by atoms with Gasteiger partial charge in [0, 0.05) is 13.3 Å². The van der Waals surface area contributed by atoms with Crippen molar-refractivity contribution in [3.8, 4) is 12.3 Å². The normalized spacial score (nSPS) is 21.4. The van der Waals surface area contributed by atoms with E-state index in [-0.39, 0.29) is 18.3 Å². The van der Waals surface area contributed by atoms with E-state index in [1.165, 1.54) is 10.8 Å². The maximum Gasteiger partial charge on any atom is 0.330 e. The van der Waals surface area contributed by atoms with Crippen LogP contribution in [0.15, 0.2) is 15.8 Å². The highest BCUT2D eigenvalue weighted by atomic mass is 16.5. The fourth-order valence-electron chi connectivity index (χ4n) is 1.83. The van der Waals surface area contributed by atoms with E-state index in [4.69, 9.17) is 21.4 Å². The highest BCUT2D eigenvalue weighted by Crippen LogP contribution is 2.26. The largest absolute Gasteiger partial charge is 0.400 e. The molecule has 19 heavy (non-hydrogen) atoms. The molecule has 1 saturated heterocycles. The number of nitrogens with zero attached hydrogens (tertiary/aromatic N) is 1. The summed E-state index contributed by atoms with van der Waals surface area (Å²) in [5.74, 6) is 2.20. The number of aromatic nitrogens is 2. The Labute approximate surface area is 109 Å². The van der Waals surface area contributed by atoms with Crippen LogP contribution in [0.4, 0.5) is 0 Å². The van der Waals surface area contributed by atoms with Crippen molar-refractivity contribution in [1.82, 2.24) is 9.55 Å². The predicted octanol–water partition coefficient (Wildman–Crippen LogP) is -1.20. The Kier molecular flexibility index (Phi) is 5.51. The van der Waals surface area contributed by atoms with Crippen molar-refractivity contribution in [1.29, 1.82) is 0 Å². The minimum absolute atomic E-state index is 0.0839. The lowest BCUT2D eigenvalue weighted by Crippen LogP contribution is -2.33. The van der Waals surface area contributed by atoms with Crippen LogP contribution in [0.1, 0.15) is 24.6 Å². The van der Waals surface area contributed by atoms with Crippen LogP contribution < -0.4 is 11.2 Å². The van der Waals surface area contributed by atoms with Crippen molar-refractivity contribution in [3.05, 3.63) is 32.6 Å². The second-order valence-electron chi connectivity index (χ2n) is 3.83. The number of terminal acetylenes is 1. The molecule has 1 aromatic heterocycles. The third kappa shape index (κ3) is 3.32. The zero-order chi connectivity index (χ0) is 14.4. The third-order valence-corrected chi connectivity index (χ3v) is 2.72. The van der Waals surface area contributed by atoms with Gasteiger partial charge >= 0.3 is 5.69 Å². The monoisotopic (exact) mass is 268 g/mol. The highest BCUT2D eigenvalue weighted by Gasteiger charge is 2.26. The smallest absolute Gasteiger partial charge is 0.330 e. The Morgan fingerprint density at radius 3 is 2.74 bits per heavy atom. The standard InChI is InChI=1S/C11H12N2O4.CH4O/c1-2-7-5-13(11(16)12-10(7)15)9-4-3-8(6-14)17-9;1-2/h1,5,8-9,14H,3-4,6H2,(H,12,15,16);2H,1H3. The van der Waals surface area contributed by atoms with E-state index in [0.717, 1.165) is 7.11 Å². The number of nitrogens with one attached hydrogen (secondary N) is 1. The van der Waals surface area contributed by atoms with Crippen LogP contribution in [-0.4, -0.2) is 39.6 Å². The van der Waals surface area contributed by atoms with E-state index in [2.05, 4.69) is 10.9 Å². The van der Waals surface area contributed by atoms with Gasteiger partial charge < -0.3 is 14.9 Å². The Balaban J connectivity index is 0.000000861. The Hall–Kier alpha value is -1.88. The molecule has 1 aliphatic heterocycles. The molecule has 7 nitrogen and oxygen atoms in total. The summed E-state index contributed by atoms with van der Waals surface area (Å²) in [4.78, 5) is 25.0. The first kappa shape index (κ1) is 15.2. The number of rotatable bonds is 2. The van der Waals surface area contributed by atoms with Crippen LogP contribution in [0.5, 0.6) is 0 Å². The summed E-state index contributed by atoms with van der Waals surface area (Å²) in [6.07, 6.45) is 6.98. The molecule has 0 amide bonds. The molecule has 1 aromatic rings. The molecule has 0 spiro atoms. The van der Waals surface area contributed by atoms with Crippen molar-refractivity contribution in [2.45, 2.75) is 25.2 Å². The molecule has 0 saturated carbocycles. The van der Waals surface area contributed by atoms with Crippen molar-refractivity contribution >= 4 is 0 Å². The van der Waals surface area contributed by atoms with Gasteiger partial charge in [0.15, 0.2) is 0 Å². The van der Waals surface area contributed by atoms with E-state index in [1.54, 1.807) is 0 Å². The molecular formula is C12H16N2O5. The zero-order valence-electron chi connectivity index (χ0n) is 10.5. The molecule has 2 unspecified atom stereocenters. The van der Waals surface area contributed by atoms with E-state index in [0.29, 0.717) is 12.8 Å². The Morgan fingerprint density at radius 2 is 2.21 bits per heavy atom. The van der Waals surface area contributed by atoms with E-state index < -0.39 is 17.5 Å². The highest BCUT2D eigenvalue weighted by molar-refractivity contribution is 5.26. The minimum atomic E-state index is -0.578. The molecule has 2 rings (SSSR count). The van der Waals surface area contributed by atoms with Crippen LogP contribution in [0.3, 0.4) is 0 Å². The molecule has 0 radical (unpaired) electrons. The average molecular weight is 268 g/mol. The first-order valence-corrected chi connectivity index (χ1v) is 5.69. The number of hydrogen-bond acceptors (Lipinski definition) is 5. The van der Waals surface area contributed by atoms with Gasteiger partial charge in [-0.1, -0.05) is 5.92 Å². The van der Waals surface area contributed by atoms with E-state index >= 15 is 0 Å². The Morgan fingerprint density at radius 1 is 1.53 bits per heavy atom. The molecule has 1 fully saturated rings. The van der Waals surface area contributed by atoms with Gasteiger partial charge in [-0.3, -0.25) is 14.3 Å². The fourth-order valence-corrected chi connectivity index (χ4v) is 1.83. The number of H-pyrrole nitrogens is 1. The van der Waals surface area contributed by atoms with E-state index in [1.807, 2.05) is 0 Å². The summed E-state index contributed by atoms with van der Waals surface area (Å²) in [5.41, 5.74) is -1.05. The molecule has 0 aliphatic carbocycles. The van der Waals surface area contributed by atoms with Gasteiger partial charge in [-0.15, -0.1) is 6.42 Å². The van der Waals surface area contributed by atoms with Crippen LogP contribution in [0, 0.1) is 12.3 Å². The van der Waals surface area contributed by atoms with Crippen LogP contribution >= 0.6 is 0 Å². The van der Waals surface area contributed by atoms with Crippen molar-refractivity contribution in [3.63, 3.8) is 0 Å². The summed E-state index contributed by atoms with van der Waals surface area (Å²) >= 11 is 0. The fraction of sp³-hybridized carbons (Fsp3) is 0.500. The lowest BCUT2D eigenvalue weighted by molar-refractivity contribution is -0.0246. The Bertz CT molecular complexity index is 569. The van der Waals surface area contributed by atoms with Crippen molar-refractivity contribution in [2.75, 3.05) is 13.7 Å². The van der Waals surface area contributed by atoms with Gasteiger partial charge in [-0.25, -0.2) is 4.79 Å². The van der Waals surface area contributed by atoms with Crippen LogP contribution in [0.25, 0.3) is 0 Å². The second-order valence-corrected chi connectivity index (χ2v) is 3.83. The van der Waals surface area contributed by atoms with Gasteiger partial charge in [0.25, 0.3) is 5.56 Å². The molecule has 0 bridgehead atoms. The first-order chi connectivity index (χ1) is 9.15. The topological polar surface area (TPSA) is 105 Å². The summed E-state index contributed by atoms with van der Waals surface area (Å²) in [7, 11) is 1.00. The molecule has 1 aliphatic rings. The summed E-state index contributed by atoms with van der Waals surface area (Å²) < 4.78 is 6.70. The first-order valence-electron chi connectivity index (χ1n) is 5.69. The summed E-state index contributed by atoms with van der Waals surface area (Å²) in [5, 5.41) is 15.9. The second kappa shape index (κ2) is 6.89. The molecule has 3 N–H and O–H groups in total. The third-order valence-electron chi connectivity index (χ3n) is 2.72. The SMILES string of the molecule is C#Cc1cn(C2CCC(CO)O2)c(=O)[nH]c1=O.CO. The van der Waals surface area contributed by atoms with Crippen molar-refractivity contribution < 1.29 is 14.9 Å². The quantitative estimate of drug-likeness (QED) is 0.584. The van der Waals surface area contributed by atoms with Crippen LogP contribution in [-0.2, 0) is 4.74 Å². The van der Waals surface area contributed by atoms with E-state index in [9.17, 15) is 9.59 Å². The number of ether oxygens (including phenoxy) is 1. The molecule has 104 valence electrons.